The predicted octanol–water partition coefficient (Wildman–Crippen LogP) is 5.96. The molecular weight excluding hydrogens is 283 g/mol. The molecule has 0 spiro atoms. The van der Waals surface area contributed by atoms with E-state index >= 15 is 0 Å². The lowest BCUT2D eigenvalue weighted by Crippen LogP contribution is -2.43. The standard InChI is InChI=1S/C18H35BSi2/c1-20(2,3)15-9-14-19-17-12-7-10-16(11-8-13-17)18(19)21(4,5)6/h16-18H,7-8,10-14H2,1-6H3. The normalized spacial score (nSPS) is 30.4. The van der Waals surface area contributed by atoms with E-state index in [0.717, 1.165) is 23.9 Å². The van der Waals surface area contributed by atoms with E-state index in [-0.39, 0.29) is 0 Å². The molecule has 0 N–H and O–H groups in total. The molecule has 0 amide bonds. The van der Waals surface area contributed by atoms with Crippen molar-refractivity contribution in [1.82, 2.24) is 0 Å². The van der Waals surface area contributed by atoms with Crippen molar-refractivity contribution in [3.8, 4) is 11.5 Å². The lowest BCUT2D eigenvalue weighted by Gasteiger charge is -2.38. The van der Waals surface area contributed by atoms with Gasteiger partial charge in [0.15, 0.2) is 6.71 Å². The highest BCUT2D eigenvalue weighted by molar-refractivity contribution is 6.90. The maximum Gasteiger partial charge on any atom is 0.157 e. The highest BCUT2D eigenvalue weighted by Crippen LogP contribution is 2.51. The molecule has 0 aromatic rings. The third kappa shape index (κ3) is 4.76. The van der Waals surface area contributed by atoms with Crippen molar-refractivity contribution in [2.75, 3.05) is 0 Å². The summed E-state index contributed by atoms with van der Waals surface area (Å²) < 4.78 is 0. The van der Waals surface area contributed by atoms with Crippen molar-refractivity contribution < 1.29 is 0 Å². The summed E-state index contributed by atoms with van der Waals surface area (Å²) >= 11 is 0. The van der Waals surface area contributed by atoms with Crippen LogP contribution in [0.5, 0.6) is 0 Å². The Kier molecular flexibility index (Phi) is 5.53. The predicted molar refractivity (Wildman–Crippen MR) is 104 cm³/mol. The Bertz CT molecular complexity index is 398. The minimum Gasteiger partial charge on any atom is -0.133 e. The van der Waals surface area contributed by atoms with E-state index in [2.05, 4.69) is 50.7 Å². The van der Waals surface area contributed by atoms with Gasteiger partial charge in [0.1, 0.15) is 8.07 Å². The fraction of sp³-hybridized carbons (Fsp3) is 0.889. The van der Waals surface area contributed by atoms with Crippen molar-refractivity contribution in [1.29, 1.82) is 0 Å². The Labute approximate surface area is 136 Å². The lowest BCUT2D eigenvalue weighted by atomic mass is 9.35. The van der Waals surface area contributed by atoms with Crippen LogP contribution in [0.3, 0.4) is 0 Å². The van der Waals surface area contributed by atoms with E-state index in [1.807, 2.05) is 0 Å². The summed E-state index contributed by atoms with van der Waals surface area (Å²) in [6.45, 7) is 15.9. The molecule has 0 aromatic carbocycles. The zero-order chi connectivity index (χ0) is 15.7. The summed E-state index contributed by atoms with van der Waals surface area (Å²) in [7, 11) is -2.30. The Hall–Kier alpha value is 0.0587. The van der Waals surface area contributed by atoms with Crippen LogP contribution in [0.4, 0.5) is 0 Å². The number of rotatable bonds is 2. The zero-order valence-electron chi connectivity index (χ0n) is 15.3. The second kappa shape index (κ2) is 6.67. The summed E-state index contributed by atoms with van der Waals surface area (Å²) in [6, 6.07) is 0. The van der Waals surface area contributed by atoms with Crippen molar-refractivity contribution in [3.05, 3.63) is 0 Å². The van der Waals surface area contributed by atoms with E-state index in [4.69, 9.17) is 0 Å². The molecule has 2 fully saturated rings. The molecule has 0 aromatic heterocycles. The van der Waals surface area contributed by atoms with Gasteiger partial charge >= 0.3 is 0 Å². The molecule has 0 radical (unpaired) electrons. The van der Waals surface area contributed by atoms with Crippen LogP contribution in [0.25, 0.3) is 0 Å². The summed E-state index contributed by atoms with van der Waals surface area (Å²) in [5.74, 6) is 5.69. The van der Waals surface area contributed by atoms with Gasteiger partial charge in [-0.15, -0.1) is 11.5 Å². The number of hydrogen-bond acceptors (Lipinski definition) is 0. The van der Waals surface area contributed by atoms with E-state index in [1.165, 1.54) is 44.8 Å². The van der Waals surface area contributed by atoms with E-state index < -0.39 is 16.1 Å². The van der Waals surface area contributed by atoms with Crippen LogP contribution >= 0.6 is 0 Å². The fourth-order valence-electron chi connectivity index (χ4n) is 5.08. The lowest BCUT2D eigenvalue weighted by molar-refractivity contribution is 0.411. The molecule has 2 aliphatic rings. The highest BCUT2D eigenvalue weighted by Gasteiger charge is 2.46. The SMILES string of the molecule is C[Si](C)(C)C#CCB1C2CCCC(CCC2)C1[Si](C)(C)C. The Morgan fingerprint density at radius 1 is 0.905 bits per heavy atom. The monoisotopic (exact) mass is 318 g/mol. The van der Waals surface area contributed by atoms with Crippen LogP contribution in [0, 0.1) is 17.4 Å². The van der Waals surface area contributed by atoms with Gasteiger partial charge in [-0.3, -0.25) is 0 Å². The Morgan fingerprint density at radius 3 is 1.95 bits per heavy atom. The maximum absolute atomic E-state index is 3.67. The van der Waals surface area contributed by atoms with Gasteiger partial charge in [0.25, 0.3) is 0 Å². The molecule has 2 heterocycles. The highest BCUT2D eigenvalue weighted by atomic mass is 28.3. The largest absolute Gasteiger partial charge is 0.157 e. The minimum absolute atomic E-state index is 0.926. The zero-order valence-corrected chi connectivity index (χ0v) is 17.3. The van der Waals surface area contributed by atoms with Crippen LogP contribution in [0.2, 0.25) is 56.9 Å². The van der Waals surface area contributed by atoms with Gasteiger partial charge in [0.2, 0.25) is 0 Å². The molecule has 3 heteroatoms. The maximum atomic E-state index is 3.67. The Morgan fingerprint density at radius 2 is 1.48 bits per heavy atom. The molecule has 21 heavy (non-hydrogen) atoms. The van der Waals surface area contributed by atoms with E-state index in [1.54, 1.807) is 0 Å². The summed E-state index contributed by atoms with van der Waals surface area (Å²) in [5, 5.41) is 0. The fourth-order valence-corrected chi connectivity index (χ4v) is 9.13. The molecule has 2 rings (SSSR count). The smallest absolute Gasteiger partial charge is 0.133 e. The molecule has 2 saturated heterocycles. The van der Waals surface area contributed by atoms with Crippen LogP contribution in [-0.2, 0) is 0 Å². The molecular formula is C18H35BSi2. The molecule has 1 unspecified atom stereocenters. The second-order valence-electron chi connectivity index (χ2n) is 9.69. The summed E-state index contributed by atoms with van der Waals surface area (Å²) in [5.41, 5.74) is 4.68. The van der Waals surface area contributed by atoms with Crippen molar-refractivity contribution in [2.45, 2.75) is 95.4 Å². The van der Waals surface area contributed by atoms with Gasteiger partial charge in [0.05, 0.1) is 0 Å². The third-order valence-electron chi connectivity index (χ3n) is 5.68. The van der Waals surface area contributed by atoms with Crippen LogP contribution in [0.1, 0.15) is 38.5 Å². The molecule has 0 nitrogen and oxygen atoms in total. The first kappa shape index (κ1) is 17.4. The van der Waals surface area contributed by atoms with Crippen molar-refractivity contribution >= 4 is 22.9 Å². The summed E-state index contributed by atoms with van der Waals surface area (Å²) in [4.78, 5) is 0. The van der Waals surface area contributed by atoms with Crippen molar-refractivity contribution in [2.24, 2.45) is 5.92 Å². The summed E-state index contributed by atoms with van der Waals surface area (Å²) in [6.07, 6.45) is 10.2. The van der Waals surface area contributed by atoms with Gasteiger partial charge in [-0.2, -0.15) is 0 Å². The molecule has 0 aliphatic carbocycles. The van der Waals surface area contributed by atoms with E-state index in [0.29, 0.717) is 0 Å². The van der Waals surface area contributed by atoms with Gasteiger partial charge in [-0.05, 0) is 12.2 Å². The topological polar surface area (TPSA) is 0 Å². The van der Waals surface area contributed by atoms with Crippen molar-refractivity contribution in [3.63, 3.8) is 0 Å². The van der Waals surface area contributed by atoms with Gasteiger partial charge in [-0.25, -0.2) is 0 Å². The average Bonchev–Trinajstić information content (AvgIpc) is 2.53. The van der Waals surface area contributed by atoms with Crippen LogP contribution < -0.4 is 0 Å². The molecule has 2 bridgehead atoms. The quantitative estimate of drug-likeness (QED) is 0.435. The van der Waals surface area contributed by atoms with Crippen LogP contribution in [-0.4, -0.2) is 22.9 Å². The number of hydrogen-bond donors (Lipinski definition) is 0. The first-order valence-corrected chi connectivity index (χ1v) is 16.3. The third-order valence-corrected chi connectivity index (χ3v) is 9.50. The molecule has 1 atom stereocenters. The van der Waals surface area contributed by atoms with Gasteiger partial charge in [-0.1, -0.05) is 89.1 Å². The number of fused-ring (bicyclic) bond motifs is 3. The Balaban J connectivity index is 2.25. The minimum atomic E-state index is -1.21. The van der Waals surface area contributed by atoms with Crippen LogP contribution in [0.15, 0.2) is 0 Å². The second-order valence-corrected chi connectivity index (χ2v) is 19.8. The average molecular weight is 318 g/mol. The molecule has 118 valence electrons. The van der Waals surface area contributed by atoms with Gasteiger partial charge < -0.3 is 0 Å². The van der Waals surface area contributed by atoms with E-state index in [9.17, 15) is 0 Å². The first-order valence-electron chi connectivity index (χ1n) is 9.18. The first-order chi connectivity index (χ1) is 9.68. The van der Waals surface area contributed by atoms with Gasteiger partial charge in [0, 0.05) is 8.07 Å². The molecule has 0 saturated carbocycles. The molecule has 2 aliphatic heterocycles.